The lowest BCUT2D eigenvalue weighted by Gasteiger charge is -2.24. The van der Waals surface area contributed by atoms with E-state index in [4.69, 9.17) is 16.3 Å². The fourth-order valence-electron chi connectivity index (χ4n) is 2.95. The van der Waals surface area contributed by atoms with Gasteiger partial charge in [-0.3, -0.25) is 9.10 Å². The van der Waals surface area contributed by atoms with E-state index in [0.717, 1.165) is 15.4 Å². The summed E-state index contributed by atoms with van der Waals surface area (Å²) in [6.07, 6.45) is 0. The Morgan fingerprint density at radius 1 is 1.06 bits per heavy atom. The van der Waals surface area contributed by atoms with E-state index >= 15 is 0 Å². The molecule has 9 heteroatoms. The molecule has 0 saturated heterocycles. The minimum absolute atomic E-state index is 0.0382. The summed E-state index contributed by atoms with van der Waals surface area (Å²) in [6.45, 7) is 1.79. The second kappa shape index (κ2) is 10.4. The average molecular weight is 538 g/mol. The highest BCUT2D eigenvalue weighted by molar-refractivity contribution is 9.10. The number of benzene rings is 3. The summed E-state index contributed by atoms with van der Waals surface area (Å²) in [5.74, 6) is 0.0724. The molecule has 0 fully saturated rings. The molecule has 0 aliphatic carbocycles. The van der Waals surface area contributed by atoms with Crippen LogP contribution in [0.5, 0.6) is 5.75 Å². The summed E-state index contributed by atoms with van der Waals surface area (Å²) >= 11 is 9.21. The molecule has 3 aromatic rings. The minimum Gasteiger partial charge on any atom is -0.496 e. The van der Waals surface area contributed by atoms with E-state index < -0.39 is 15.9 Å². The van der Waals surface area contributed by atoms with Crippen molar-refractivity contribution in [2.75, 3.05) is 18.0 Å². The number of nitrogens with one attached hydrogen (secondary N) is 1. The molecule has 0 saturated carbocycles. The number of hydrogen-bond donors (Lipinski definition) is 1. The zero-order chi connectivity index (χ0) is 23.3. The standard InChI is InChI=1S/C23H22BrClN2O4S/c1-16-3-9-19(10-4-16)27(15-23(28)26-14-17-5-7-18(25)8-6-17)32(29,30)20-11-12-22(31-2)21(24)13-20/h3-13H,14-15H2,1-2H3,(H,26,28). The predicted octanol–water partition coefficient (Wildman–Crippen LogP) is 4.93. The molecule has 0 aromatic heterocycles. The van der Waals surface area contributed by atoms with Crippen LogP contribution in [-0.4, -0.2) is 28.0 Å². The molecule has 168 valence electrons. The van der Waals surface area contributed by atoms with Gasteiger partial charge >= 0.3 is 0 Å². The van der Waals surface area contributed by atoms with Crippen LogP contribution in [0.25, 0.3) is 0 Å². The molecule has 0 spiro atoms. The number of aryl methyl sites for hydroxylation is 1. The first-order chi connectivity index (χ1) is 15.2. The lowest BCUT2D eigenvalue weighted by atomic mass is 10.2. The Balaban J connectivity index is 1.87. The van der Waals surface area contributed by atoms with Crippen molar-refractivity contribution in [2.45, 2.75) is 18.4 Å². The number of hydrogen-bond acceptors (Lipinski definition) is 4. The van der Waals surface area contributed by atoms with Gasteiger partial charge in [-0.25, -0.2) is 8.42 Å². The van der Waals surface area contributed by atoms with Crippen LogP contribution in [0.3, 0.4) is 0 Å². The van der Waals surface area contributed by atoms with Crippen LogP contribution in [0.4, 0.5) is 5.69 Å². The van der Waals surface area contributed by atoms with Gasteiger partial charge in [-0.05, 0) is 70.9 Å². The monoisotopic (exact) mass is 536 g/mol. The van der Waals surface area contributed by atoms with Gasteiger partial charge in [-0.15, -0.1) is 0 Å². The van der Waals surface area contributed by atoms with Gasteiger partial charge < -0.3 is 10.1 Å². The van der Waals surface area contributed by atoms with E-state index in [9.17, 15) is 13.2 Å². The van der Waals surface area contributed by atoms with Crippen molar-refractivity contribution in [3.63, 3.8) is 0 Å². The molecule has 0 bridgehead atoms. The van der Waals surface area contributed by atoms with E-state index in [1.165, 1.54) is 19.2 Å². The molecule has 0 atom stereocenters. The third-order valence-corrected chi connectivity index (χ3v) is 7.36. The van der Waals surface area contributed by atoms with Gasteiger partial charge in [-0.1, -0.05) is 41.4 Å². The zero-order valence-corrected chi connectivity index (χ0v) is 20.7. The van der Waals surface area contributed by atoms with Gasteiger partial charge in [0.05, 0.1) is 22.2 Å². The van der Waals surface area contributed by atoms with Gasteiger partial charge in [0.2, 0.25) is 5.91 Å². The molecular formula is C23H22BrClN2O4S. The SMILES string of the molecule is COc1ccc(S(=O)(=O)N(CC(=O)NCc2ccc(Cl)cc2)c2ccc(C)cc2)cc1Br. The maximum Gasteiger partial charge on any atom is 0.264 e. The van der Waals surface area contributed by atoms with Crippen LogP contribution in [0.15, 0.2) is 76.1 Å². The summed E-state index contributed by atoms with van der Waals surface area (Å²) in [4.78, 5) is 12.7. The number of methoxy groups -OCH3 is 1. The van der Waals surface area contributed by atoms with Crippen LogP contribution in [0.1, 0.15) is 11.1 Å². The van der Waals surface area contributed by atoms with E-state index in [-0.39, 0.29) is 18.0 Å². The van der Waals surface area contributed by atoms with E-state index in [1.54, 1.807) is 54.6 Å². The fourth-order valence-corrected chi connectivity index (χ4v) is 5.22. The van der Waals surface area contributed by atoms with Crippen molar-refractivity contribution in [1.82, 2.24) is 5.32 Å². The largest absolute Gasteiger partial charge is 0.496 e. The molecule has 0 aliphatic rings. The van der Waals surface area contributed by atoms with Gasteiger partial charge in [-0.2, -0.15) is 0 Å². The molecule has 32 heavy (non-hydrogen) atoms. The third kappa shape index (κ3) is 5.82. The topological polar surface area (TPSA) is 75.7 Å². The highest BCUT2D eigenvalue weighted by Crippen LogP contribution is 2.30. The number of halogens is 2. The number of carbonyl (C=O) groups is 1. The molecule has 6 nitrogen and oxygen atoms in total. The van der Waals surface area contributed by atoms with Crippen molar-refractivity contribution < 1.29 is 17.9 Å². The number of sulfonamides is 1. The Morgan fingerprint density at radius 3 is 2.31 bits per heavy atom. The van der Waals surface area contributed by atoms with Crippen LogP contribution in [-0.2, 0) is 21.4 Å². The molecular weight excluding hydrogens is 516 g/mol. The van der Waals surface area contributed by atoms with Gasteiger partial charge in [0.25, 0.3) is 10.0 Å². The molecule has 3 rings (SSSR count). The normalized spacial score (nSPS) is 11.1. The van der Waals surface area contributed by atoms with E-state index in [1.807, 2.05) is 6.92 Å². The fraction of sp³-hybridized carbons (Fsp3) is 0.174. The number of carbonyl (C=O) groups excluding carboxylic acids is 1. The van der Waals surface area contributed by atoms with Crippen molar-refractivity contribution in [3.8, 4) is 5.75 Å². The predicted molar refractivity (Wildman–Crippen MR) is 130 cm³/mol. The number of nitrogens with zero attached hydrogens (tertiary/aromatic N) is 1. The Labute approximate surface area is 201 Å². The lowest BCUT2D eigenvalue weighted by molar-refractivity contribution is -0.119. The highest BCUT2D eigenvalue weighted by atomic mass is 79.9. The summed E-state index contributed by atoms with van der Waals surface area (Å²) in [6, 6.07) is 18.5. The maximum absolute atomic E-state index is 13.5. The molecule has 1 amide bonds. The number of amides is 1. The zero-order valence-electron chi connectivity index (χ0n) is 17.5. The molecule has 3 aromatic carbocycles. The van der Waals surface area contributed by atoms with Crippen LogP contribution in [0.2, 0.25) is 5.02 Å². The second-order valence-corrected chi connectivity index (χ2v) is 10.2. The van der Waals surface area contributed by atoms with E-state index in [0.29, 0.717) is 20.9 Å². The molecule has 0 heterocycles. The van der Waals surface area contributed by atoms with Crippen LogP contribution >= 0.6 is 27.5 Å². The Hall–Kier alpha value is -2.55. The number of anilines is 1. The lowest BCUT2D eigenvalue weighted by Crippen LogP contribution is -2.40. The van der Waals surface area contributed by atoms with Crippen molar-refractivity contribution in [2.24, 2.45) is 0 Å². The first-order valence-corrected chi connectivity index (χ1v) is 12.3. The first kappa shape index (κ1) is 24.1. The second-order valence-electron chi connectivity index (χ2n) is 7.05. The highest BCUT2D eigenvalue weighted by Gasteiger charge is 2.28. The smallest absolute Gasteiger partial charge is 0.264 e. The van der Waals surface area contributed by atoms with Crippen LogP contribution in [0, 0.1) is 6.92 Å². The van der Waals surface area contributed by atoms with Gasteiger partial charge in [0.1, 0.15) is 12.3 Å². The van der Waals surface area contributed by atoms with E-state index in [2.05, 4.69) is 21.2 Å². The molecule has 0 unspecified atom stereocenters. The van der Waals surface area contributed by atoms with Gasteiger partial charge in [0.15, 0.2) is 0 Å². The number of ether oxygens (including phenoxy) is 1. The summed E-state index contributed by atoms with van der Waals surface area (Å²) in [5, 5.41) is 3.37. The molecule has 1 N–H and O–H groups in total. The summed E-state index contributed by atoms with van der Waals surface area (Å²) in [5.41, 5.74) is 2.22. The average Bonchev–Trinajstić information content (AvgIpc) is 2.77. The van der Waals surface area contributed by atoms with Crippen molar-refractivity contribution in [1.29, 1.82) is 0 Å². The Morgan fingerprint density at radius 2 is 1.72 bits per heavy atom. The minimum atomic E-state index is -4.03. The Bertz CT molecular complexity index is 1200. The Kier molecular flexibility index (Phi) is 7.82. The van der Waals surface area contributed by atoms with Crippen molar-refractivity contribution >= 4 is 49.1 Å². The first-order valence-electron chi connectivity index (χ1n) is 9.65. The van der Waals surface area contributed by atoms with Crippen molar-refractivity contribution in [3.05, 3.63) is 87.4 Å². The third-order valence-electron chi connectivity index (χ3n) is 4.72. The van der Waals surface area contributed by atoms with Crippen LogP contribution < -0.4 is 14.4 Å². The number of rotatable bonds is 8. The summed E-state index contributed by atoms with van der Waals surface area (Å²) in [7, 11) is -2.53. The maximum atomic E-state index is 13.5. The summed E-state index contributed by atoms with van der Waals surface area (Å²) < 4.78 is 33.8. The van der Waals surface area contributed by atoms with Gasteiger partial charge in [0, 0.05) is 11.6 Å². The quantitative estimate of drug-likeness (QED) is 0.442. The molecule has 0 radical (unpaired) electrons. The molecule has 0 aliphatic heterocycles.